The van der Waals surface area contributed by atoms with E-state index in [1.165, 1.54) is 5.56 Å². The summed E-state index contributed by atoms with van der Waals surface area (Å²) in [5.74, 6) is 1.59. The van der Waals surface area contributed by atoms with Crippen LogP contribution >= 0.6 is 0 Å². The molecule has 1 atom stereocenters. The van der Waals surface area contributed by atoms with Gasteiger partial charge in [0.1, 0.15) is 0 Å². The first kappa shape index (κ1) is 15.8. The molecule has 108 valence electrons. The van der Waals surface area contributed by atoms with Crippen molar-refractivity contribution < 1.29 is 9.47 Å². The van der Waals surface area contributed by atoms with Crippen LogP contribution in [0.3, 0.4) is 0 Å². The summed E-state index contributed by atoms with van der Waals surface area (Å²) in [6.07, 6.45) is 1.93. The van der Waals surface area contributed by atoms with Gasteiger partial charge in [-0.2, -0.15) is 0 Å². The molecule has 1 rings (SSSR count). The number of ether oxygens (including phenoxy) is 2. The molecule has 0 aliphatic carbocycles. The molecule has 1 aromatic carbocycles. The second-order valence-electron chi connectivity index (χ2n) is 5.93. The lowest BCUT2D eigenvalue weighted by molar-refractivity contribution is 0.304. The fourth-order valence-corrected chi connectivity index (χ4v) is 1.90. The van der Waals surface area contributed by atoms with Gasteiger partial charge in [0.05, 0.1) is 13.7 Å². The zero-order chi connectivity index (χ0) is 14.5. The minimum Gasteiger partial charge on any atom is -0.493 e. The van der Waals surface area contributed by atoms with Gasteiger partial charge in [-0.05, 0) is 42.9 Å². The van der Waals surface area contributed by atoms with Gasteiger partial charge < -0.3 is 15.2 Å². The van der Waals surface area contributed by atoms with Crippen LogP contribution in [-0.4, -0.2) is 19.8 Å². The number of methoxy groups -OCH3 is 1. The van der Waals surface area contributed by atoms with Crippen LogP contribution in [0.15, 0.2) is 18.2 Å². The van der Waals surface area contributed by atoms with Gasteiger partial charge in [0.15, 0.2) is 11.5 Å². The molecule has 3 heteroatoms. The Bertz CT molecular complexity index is 396. The molecule has 3 nitrogen and oxygen atoms in total. The van der Waals surface area contributed by atoms with Gasteiger partial charge >= 0.3 is 0 Å². The van der Waals surface area contributed by atoms with E-state index in [0.717, 1.165) is 24.3 Å². The Morgan fingerprint density at radius 1 is 1.21 bits per heavy atom. The standard InChI is InChI=1S/C16H27NO2/c1-6-19-13-9-7-12(11-14(13)18-5)8-10-15(17)16(2,3)4/h7,9,11,15H,6,8,10,17H2,1-5H3. The van der Waals surface area contributed by atoms with E-state index in [2.05, 4.69) is 26.8 Å². The maximum Gasteiger partial charge on any atom is 0.161 e. The lowest BCUT2D eigenvalue weighted by Crippen LogP contribution is -2.35. The predicted octanol–water partition coefficient (Wildman–Crippen LogP) is 3.40. The Hall–Kier alpha value is -1.22. The van der Waals surface area contributed by atoms with Gasteiger partial charge in [-0.1, -0.05) is 26.8 Å². The molecule has 0 bridgehead atoms. The van der Waals surface area contributed by atoms with Crippen LogP contribution in [0.1, 0.15) is 39.7 Å². The third-order valence-corrected chi connectivity index (χ3v) is 3.38. The van der Waals surface area contributed by atoms with Crippen molar-refractivity contribution in [3.05, 3.63) is 23.8 Å². The maximum atomic E-state index is 6.19. The van der Waals surface area contributed by atoms with Gasteiger partial charge in [-0.3, -0.25) is 0 Å². The summed E-state index contributed by atoms with van der Waals surface area (Å²) < 4.78 is 10.9. The summed E-state index contributed by atoms with van der Waals surface area (Å²) in [5, 5.41) is 0. The van der Waals surface area contributed by atoms with E-state index >= 15 is 0 Å². The van der Waals surface area contributed by atoms with Gasteiger partial charge in [0, 0.05) is 6.04 Å². The summed E-state index contributed by atoms with van der Waals surface area (Å²) in [6, 6.07) is 6.30. The highest BCUT2D eigenvalue weighted by molar-refractivity contribution is 5.43. The fraction of sp³-hybridized carbons (Fsp3) is 0.625. The number of rotatable bonds is 6. The number of benzene rings is 1. The van der Waals surface area contributed by atoms with Crippen molar-refractivity contribution in [2.75, 3.05) is 13.7 Å². The summed E-state index contributed by atoms with van der Waals surface area (Å²) >= 11 is 0. The lowest BCUT2D eigenvalue weighted by Gasteiger charge is -2.27. The van der Waals surface area contributed by atoms with Crippen molar-refractivity contribution in [1.29, 1.82) is 0 Å². The van der Waals surface area contributed by atoms with Gasteiger partial charge in [-0.15, -0.1) is 0 Å². The van der Waals surface area contributed by atoms with Crippen LogP contribution in [0.5, 0.6) is 11.5 Å². The first-order valence-corrected chi connectivity index (χ1v) is 6.93. The van der Waals surface area contributed by atoms with Crippen LogP contribution < -0.4 is 15.2 Å². The monoisotopic (exact) mass is 265 g/mol. The first-order chi connectivity index (χ1) is 8.88. The maximum absolute atomic E-state index is 6.19. The lowest BCUT2D eigenvalue weighted by atomic mass is 9.84. The summed E-state index contributed by atoms with van der Waals surface area (Å²) in [4.78, 5) is 0. The van der Waals surface area contributed by atoms with Crippen LogP contribution in [0.25, 0.3) is 0 Å². The quantitative estimate of drug-likeness (QED) is 0.857. The molecule has 0 aliphatic heterocycles. The molecule has 1 aromatic rings. The summed E-state index contributed by atoms with van der Waals surface area (Å²) in [7, 11) is 1.67. The highest BCUT2D eigenvalue weighted by Gasteiger charge is 2.20. The number of hydrogen-bond acceptors (Lipinski definition) is 3. The van der Waals surface area contributed by atoms with Crippen molar-refractivity contribution in [1.82, 2.24) is 0 Å². The Morgan fingerprint density at radius 3 is 2.42 bits per heavy atom. The van der Waals surface area contributed by atoms with Crippen LogP contribution in [0.4, 0.5) is 0 Å². The molecule has 0 aliphatic rings. The molecule has 19 heavy (non-hydrogen) atoms. The van der Waals surface area contributed by atoms with Crippen LogP contribution in [0, 0.1) is 5.41 Å². The molecule has 0 fully saturated rings. The normalized spacial score (nSPS) is 13.2. The molecule has 0 amide bonds. The van der Waals surface area contributed by atoms with Gasteiger partial charge in [0.2, 0.25) is 0 Å². The number of hydrogen-bond donors (Lipinski definition) is 1. The molecule has 2 N–H and O–H groups in total. The second kappa shape index (κ2) is 6.80. The van der Waals surface area contributed by atoms with Gasteiger partial charge in [-0.25, -0.2) is 0 Å². The first-order valence-electron chi connectivity index (χ1n) is 6.93. The Kier molecular flexibility index (Phi) is 5.67. The Balaban J connectivity index is 2.70. The fourth-order valence-electron chi connectivity index (χ4n) is 1.90. The largest absolute Gasteiger partial charge is 0.493 e. The average Bonchev–Trinajstić information content (AvgIpc) is 2.36. The topological polar surface area (TPSA) is 44.5 Å². The smallest absolute Gasteiger partial charge is 0.161 e. The molecule has 0 aromatic heterocycles. The zero-order valence-corrected chi connectivity index (χ0v) is 12.8. The SMILES string of the molecule is CCOc1ccc(CCC(N)C(C)(C)C)cc1OC. The molecule has 0 heterocycles. The van der Waals surface area contributed by atoms with Crippen LogP contribution in [-0.2, 0) is 6.42 Å². The van der Waals surface area contributed by atoms with Crippen molar-refractivity contribution >= 4 is 0 Å². The van der Waals surface area contributed by atoms with E-state index in [9.17, 15) is 0 Å². The third kappa shape index (κ3) is 4.75. The number of nitrogens with two attached hydrogens (primary N) is 1. The van der Waals surface area contributed by atoms with Crippen molar-refractivity contribution in [3.8, 4) is 11.5 Å². The minimum atomic E-state index is 0.148. The predicted molar refractivity (Wildman–Crippen MR) is 79.9 cm³/mol. The van der Waals surface area contributed by atoms with Crippen LogP contribution in [0.2, 0.25) is 0 Å². The highest BCUT2D eigenvalue weighted by Crippen LogP contribution is 2.29. The highest BCUT2D eigenvalue weighted by atomic mass is 16.5. The van der Waals surface area contributed by atoms with E-state index in [-0.39, 0.29) is 11.5 Å². The molecular weight excluding hydrogens is 238 g/mol. The van der Waals surface area contributed by atoms with E-state index < -0.39 is 0 Å². The molecule has 0 radical (unpaired) electrons. The van der Waals surface area contributed by atoms with Gasteiger partial charge in [0.25, 0.3) is 0 Å². The minimum absolute atomic E-state index is 0.148. The second-order valence-corrected chi connectivity index (χ2v) is 5.93. The molecule has 0 saturated heterocycles. The molecule has 1 unspecified atom stereocenters. The van der Waals surface area contributed by atoms with Crippen molar-refractivity contribution in [2.45, 2.75) is 46.6 Å². The van der Waals surface area contributed by atoms with Crippen molar-refractivity contribution in [3.63, 3.8) is 0 Å². The summed E-state index contributed by atoms with van der Waals surface area (Å²) in [6.45, 7) is 9.14. The Labute approximate surface area is 117 Å². The van der Waals surface area contributed by atoms with E-state index in [4.69, 9.17) is 15.2 Å². The van der Waals surface area contributed by atoms with E-state index in [0.29, 0.717) is 6.61 Å². The van der Waals surface area contributed by atoms with Crippen molar-refractivity contribution in [2.24, 2.45) is 11.1 Å². The van der Waals surface area contributed by atoms with E-state index in [1.54, 1.807) is 7.11 Å². The van der Waals surface area contributed by atoms with E-state index in [1.807, 2.05) is 19.1 Å². The summed E-state index contributed by atoms with van der Waals surface area (Å²) in [5.41, 5.74) is 7.58. The zero-order valence-electron chi connectivity index (χ0n) is 12.8. The molecule has 0 saturated carbocycles. The third-order valence-electron chi connectivity index (χ3n) is 3.38. The molecule has 0 spiro atoms. The Morgan fingerprint density at radius 2 is 1.89 bits per heavy atom. The molecular formula is C16H27NO2. The average molecular weight is 265 g/mol. The number of aryl methyl sites for hydroxylation is 1.